The molecular weight excluding hydrogens is 294 g/mol. The van der Waals surface area contributed by atoms with Crippen molar-refractivity contribution in [1.82, 2.24) is 0 Å². The third-order valence-electron chi connectivity index (χ3n) is 3.75. The fourth-order valence-corrected chi connectivity index (χ4v) is 4.11. The minimum absolute atomic E-state index is 0. The molecular formula is C14H30ClNO3Si. The van der Waals surface area contributed by atoms with E-state index in [0.29, 0.717) is 0 Å². The lowest BCUT2D eigenvalue weighted by Gasteiger charge is -2.36. The van der Waals surface area contributed by atoms with Crippen LogP contribution in [0.1, 0.15) is 13.3 Å². The SMILES string of the molecule is C=CC[N+](CC)(CC=C)CCC[Si](OC)(OC)OC.[Cl-]. The van der Waals surface area contributed by atoms with E-state index in [-0.39, 0.29) is 12.4 Å². The van der Waals surface area contributed by atoms with E-state index in [1.807, 2.05) is 12.2 Å². The average Bonchev–Trinajstić information content (AvgIpc) is 2.44. The summed E-state index contributed by atoms with van der Waals surface area (Å²) in [4.78, 5) is 0. The molecule has 0 rings (SSSR count). The number of quaternary nitrogens is 1. The first-order valence-corrected chi connectivity index (χ1v) is 8.73. The Hall–Kier alpha value is -0.173. The minimum Gasteiger partial charge on any atom is -1.00 e. The average molecular weight is 324 g/mol. The van der Waals surface area contributed by atoms with Gasteiger partial charge >= 0.3 is 8.80 Å². The van der Waals surface area contributed by atoms with Crippen LogP contribution >= 0.6 is 0 Å². The van der Waals surface area contributed by atoms with Gasteiger partial charge in [-0.05, 0) is 19.1 Å². The van der Waals surface area contributed by atoms with Crippen molar-refractivity contribution in [3.8, 4) is 0 Å². The third kappa shape index (κ3) is 6.52. The van der Waals surface area contributed by atoms with Crippen molar-refractivity contribution < 1.29 is 30.2 Å². The second-order valence-electron chi connectivity index (χ2n) is 4.72. The van der Waals surface area contributed by atoms with Gasteiger partial charge in [0.25, 0.3) is 0 Å². The molecule has 4 nitrogen and oxygen atoms in total. The lowest BCUT2D eigenvalue weighted by atomic mass is 10.2. The van der Waals surface area contributed by atoms with Crippen LogP contribution in [0, 0.1) is 0 Å². The van der Waals surface area contributed by atoms with Crippen molar-refractivity contribution in [1.29, 1.82) is 0 Å². The summed E-state index contributed by atoms with van der Waals surface area (Å²) < 4.78 is 17.3. The lowest BCUT2D eigenvalue weighted by Crippen LogP contribution is -3.00. The van der Waals surface area contributed by atoms with Gasteiger partial charge < -0.3 is 30.2 Å². The molecule has 0 aromatic carbocycles. The summed E-state index contributed by atoms with van der Waals surface area (Å²) in [6.07, 6.45) is 4.98. The van der Waals surface area contributed by atoms with Crippen molar-refractivity contribution in [3.05, 3.63) is 25.3 Å². The van der Waals surface area contributed by atoms with Crippen LogP contribution in [0.15, 0.2) is 25.3 Å². The third-order valence-corrected chi connectivity index (χ3v) is 6.58. The molecule has 0 fully saturated rings. The Morgan fingerprint density at radius 1 is 1.00 bits per heavy atom. The van der Waals surface area contributed by atoms with Gasteiger partial charge in [-0.25, -0.2) is 0 Å². The van der Waals surface area contributed by atoms with Crippen LogP contribution in [0.4, 0.5) is 0 Å². The van der Waals surface area contributed by atoms with Crippen molar-refractivity contribution in [3.63, 3.8) is 0 Å². The quantitative estimate of drug-likeness (QED) is 0.274. The molecule has 0 aromatic heterocycles. The van der Waals surface area contributed by atoms with Crippen LogP contribution in [-0.4, -0.2) is 60.8 Å². The zero-order valence-corrected chi connectivity index (χ0v) is 15.1. The van der Waals surface area contributed by atoms with E-state index < -0.39 is 8.80 Å². The first kappa shape index (κ1) is 22.1. The molecule has 0 aliphatic rings. The first-order chi connectivity index (χ1) is 9.07. The fourth-order valence-electron chi connectivity index (χ4n) is 2.41. The number of hydrogen-bond acceptors (Lipinski definition) is 3. The molecule has 0 saturated carbocycles. The molecule has 0 aliphatic heterocycles. The fraction of sp³-hybridized carbons (Fsp3) is 0.714. The van der Waals surface area contributed by atoms with Gasteiger partial charge in [0.05, 0.1) is 26.2 Å². The van der Waals surface area contributed by atoms with Gasteiger partial charge in [-0.2, -0.15) is 0 Å². The summed E-state index contributed by atoms with van der Waals surface area (Å²) in [5.41, 5.74) is 0. The van der Waals surface area contributed by atoms with Crippen LogP contribution in [0.3, 0.4) is 0 Å². The van der Waals surface area contributed by atoms with Crippen molar-refractivity contribution >= 4 is 8.80 Å². The number of nitrogens with zero attached hydrogens (tertiary/aromatic N) is 1. The Morgan fingerprint density at radius 2 is 1.45 bits per heavy atom. The van der Waals surface area contributed by atoms with Gasteiger partial charge in [0.2, 0.25) is 0 Å². The van der Waals surface area contributed by atoms with Gasteiger partial charge in [-0.3, -0.25) is 0 Å². The molecule has 20 heavy (non-hydrogen) atoms. The van der Waals surface area contributed by atoms with E-state index >= 15 is 0 Å². The molecule has 0 amide bonds. The standard InChI is InChI=1S/C14H30NO3Si.ClH/c1-7-11-15(9-3,12-8-2)13-10-14-19(16-4,17-5)18-6;/h7-8H,1-2,9-14H2,3-6H3;1H/q+1;/p-1. The van der Waals surface area contributed by atoms with Crippen LogP contribution in [0.25, 0.3) is 0 Å². The maximum absolute atomic E-state index is 5.45. The van der Waals surface area contributed by atoms with Gasteiger partial charge in [-0.15, -0.1) is 0 Å². The lowest BCUT2D eigenvalue weighted by molar-refractivity contribution is -0.915. The highest BCUT2D eigenvalue weighted by atomic mass is 35.5. The van der Waals surface area contributed by atoms with Gasteiger partial charge in [0, 0.05) is 33.8 Å². The van der Waals surface area contributed by atoms with Crippen LogP contribution in [0.2, 0.25) is 6.04 Å². The van der Waals surface area contributed by atoms with Crippen molar-refractivity contribution in [2.45, 2.75) is 19.4 Å². The highest BCUT2D eigenvalue weighted by Gasteiger charge is 2.38. The predicted octanol–water partition coefficient (Wildman–Crippen LogP) is -0.533. The zero-order valence-electron chi connectivity index (χ0n) is 13.4. The first-order valence-electron chi connectivity index (χ1n) is 6.80. The Morgan fingerprint density at radius 3 is 1.75 bits per heavy atom. The molecule has 0 radical (unpaired) electrons. The molecule has 0 aromatic rings. The topological polar surface area (TPSA) is 27.7 Å². The second-order valence-corrected chi connectivity index (χ2v) is 7.81. The minimum atomic E-state index is -2.44. The normalized spacial score (nSPS) is 11.8. The highest BCUT2D eigenvalue weighted by molar-refractivity contribution is 6.60. The number of hydrogen-bond donors (Lipinski definition) is 0. The van der Waals surface area contributed by atoms with Crippen LogP contribution < -0.4 is 12.4 Å². The van der Waals surface area contributed by atoms with E-state index in [1.165, 1.54) is 0 Å². The maximum Gasteiger partial charge on any atom is 0.500 e. The Labute approximate surface area is 131 Å². The van der Waals surface area contributed by atoms with Crippen molar-refractivity contribution in [2.75, 3.05) is 47.5 Å². The van der Waals surface area contributed by atoms with E-state index in [2.05, 4.69) is 20.1 Å². The van der Waals surface area contributed by atoms with Crippen molar-refractivity contribution in [2.24, 2.45) is 0 Å². The molecule has 0 aliphatic carbocycles. The Kier molecular flexibility index (Phi) is 12.7. The van der Waals surface area contributed by atoms with Gasteiger partial charge in [0.15, 0.2) is 0 Å². The van der Waals surface area contributed by atoms with E-state index in [4.69, 9.17) is 13.3 Å². The summed E-state index contributed by atoms with van der Waals surface area (Å²) in [5, 5.41) is 0. The summed E-state index contributed by atoms with van der Waals surface area (Å²) in [5.74, 6) is 0. The number of likely N-dealkylation sites (N-methyl/N-ethyl adjacent to an activating group) is 1. The summed E-state index contributed by atoms with van der Waals surface area (Å²) in [7, 11) is 2.55. The second kappa shape index (κ2) is 11.5. The summed E-state index contributed by atoms with van der Waals surface area (Å²) >= 11 is 0. The predicted molar refractivity (Wildman–Crippen MR) is 82.0 cm³/mol. The molecule has 0 unspecified atom stereocenters. The largest absolute Gasteiger partial charge is 1.00 e. The molecule has 0 atom stereocenters. The Balaban J connectivity index is 0. The summed E-state index contributed by atoms with van der Waals surface area (Å²) in [6.45, 7) is 14.0. The summed E-state index contributed by atoms with van der Waals surface area (Å²) in [6, 6.07) is 0.838. The molecule has 0 bridgehead atoms. The van der Waals surface area contributed by atoms with Crippen LogP contribution in [0.5, 0.6) is 0 Å². The van der Waals surface area contributed by atoms with Crippen LogP contribution in [-0.2, 0) is 13.3 Å². The molecule has 0 heterocycles. The Bertz CT molecular complexity index is 255. The van der Waals surface area contributed by atoms with E-state index in [1.54, 1.807) is 21.3 Å². The van der Waals surface area contributed by atoms with E-state index in [0.717, 1.165) is 43.1 Å². The monoisotopic (exact) mass is 323 g/mol. The number of halogens is 1. The molecule has 120 valence electrons. The number of rotatable bonds is 12. The maximum atomic E-state index is 5.45. The molecule has 0 N–H and O–H groups in total. The molecule has 0 spiro atoms. The van der Waals surface area contributed by atoms with E-state index in [9.17, 15) is 0 Å². The zero-order chi connectivity index (χ0) is 14.8. The highest BCUT2D eigenvalue weighted by Crippen LogP contribution is 2.18. The smallest absolute Gasteiger partial charge is 0.500 e. The molecule has 0 saturated heterocycles. The van der Waals surface area contributed by atoms with Gasteiger partial charge in [-0.1, -0.05) is 13.2 Å². The van der Waals surface area contributed by atoms with Gasteiger partial charge in [0.1, 0.15) is 0 Å². The molecule has 6 heteroatoms.